The standard InChI is InChI=1S/C33H40FN3O4Si/c1-23-29(17-16-24-12-9-13-26(20-24)37-33(40)27-14-7-8-15-28(27)35-37)41-30(32(23)42(2,3)34)21-31(39)36(18-19-38)22-25-10-5-4-6-11-25/h4-15,20,23,29-30,32,35,38H,16-19,21-22H2,1-3H3/t23-,29+,30-,32+/m0/s1. The lowest BCUT2D eigenvalue weighted by molar-refractivity contribution is -0.135. The molecule has 5 rings (SSSR count). The molecule has 2 N–H and O–H groups in total. The Balaban J connectivity index is 1.28. The molecule has 0 bridgehead atoms. The highest BCUT2D eigenvalue weighted by Crippen LogP contribution is 2.47. The van der Waals surface area contributed by atoms with Gasteiger partial charge in [0.15, 0.2) is 0 Å². The molecular formula is C33H40FN3O4Si. The molecule has 0 aliphatic carbocycles. The predicted molar refractivity (Wildman–Crippen MR) is 166 cm³/mol. The van der Waals surface area contributed by atoms with Gasteiger partial charge in [0.25, 0.3) is 5.56 Å². The lowest BCUT2D eigenvalue weighted by atomic mass is 9.95. The van der Waals surface area contributed by atoms with Crippen molar-refractivity contribution in [2.75, 3.05) is 13.2 Å². The molecule has 1 amide bonds. The fourth-order valence-corrected chi connectivity index (χ4v) is 9.04. The Bertz CT molecular complexity index is 1560. The number of halogens is 1. The number of aliphatic hydroxyl groups excluding tert-OH is 1. The summed E-state index contributed by atoms with van der Waals surface area (Å²) in [5, 5.41) is 13.4. The molecule has 0 radical (unpaired) electrons. The van der Waals surface area contributed by atoms with Crippen molar-refractivity contribution in [1.29, 1.82) is 0 Å². The number of ether oxygens (including phenoxy) is 1. The number of fused-ring (bicyclic) bond motifs is 1. The van der Waals surface area contributed by atoms with Crippen molar-refractivity contribution < 1.29 is 18.7 Å². The van der Waals surface area contributed by atoms with Crippen LogP contribution in [0.5, 0.6) is 0 Å². The molecule has 7 nitrogen and oxygen atoms in total. The highest BCUT2D eigenvalue weighted by atomic mass is 28.4. The summed E-state index contributed by atoms with van der Waals surface area (Å²) in [6.45, 7) is 5.92. The number of nitrogens with one attached hydrogen (secondary N) is 1. The van der Waals surface area contributed by atoms with Crippen molar-refractivity contribution in [1.82, 2.24) is 14.7 Å². The zero-order valence-electron chi connectivity index (χ0n) is 24.5. The van der Waals surface area contributed by atoms with Crippen LogP contribution in [0.4, 0.5) is 4.11 Å². The van der Waals surface area contributed by atoms with E-state index in [1.165, 1.54) is 0 Å². The predicted octanol–water partition coefficient (Wildman–Crippen LogP) is 5.61. The smallest absolute Gasteiger partial charge is 0.279 e. The first-order valence-corrected chi connectivity index (χ1v) is 17.7. The first-order valence-electron chi connectivity index (χ1n) is 14.7. The van der Waals surface area contributed by atoms with Crippen LogP contribution in [0.1, 0.15) is 30.9 Å². The fourth-order valence-electron chi connectivity index (χ4n) is 6.49. The maximum atomic E-state index is 15.7. The maximum absolute atomic E-state index is 15.7. The van der Waals surface area contributed by atoms with Crippen LogP contribution in [0.2, 0.25) is 18.6 Å². The van der Waals surface area contributed by atoms with Crippen LogP contribution in [-0.2, 0) is 22.5 Å². The molecule has 4 atom stereocenters. The minimum Gasteiger partial charge on any atom is -0.395 e. The molecule has 1 fully saturated rings. The van der Waals surface area contributed by atoms with Gasteiger partial charge in [0.2, 0.25) is 14.3 Å². The summed E-state index contributed by atoms with van der Waals surface area (Å²) in [7, 11) is -3.16. The van der Waals surface area contributed by atoms with Crippen LogP contribution in [-0.4, -0.2) is 59.5 Å². The van der Waals surface area contributed by atoms with E-state index >= 15 is 4.11 Å². The molecule has 1 aliphatic heterocycles. The molecule has 0 spiro atoms. The molecule has 9 heteroatoms. The van der Waals surface area contributed by atoms with Gasteiger partial charge in [0, 0.05) is 18.6 Å². The number of carbonyl (C=O) groups excluding carboxylic acids is 1. The fraction of sp³-hybridized carbons (Fsp3) is 0.394. The van der Waals surface area contributed by atoms with E-state index in [9.17, 15) is 14.7 Å². The Kier molecular flexibility index (Phi) is 9.10. The molecule has 3 aromatic carbocycles. The number of amides is 1. The normalized spacial score (nSPS) is 20.7. The third kappa shape index (κ3) is 6.58. The van der Waals surface area contributed by atoms with Crippen LogP contribution in [0.25, 0.3) is 16.6 Å². The molecule has 0 saturated carbocycles. The third-order valence-electron chi connectivity index (χ3n) is 8.49. The number of aromatic amines is 1. The Labute approximate surface area is 247 Å². The first-order chi connectivity index (χ1) is 20.2. The van der Waals surface area contributed by atoms with Crippen molar-refractivity contribution in [2.24, 2.45) is 5.92 Å². The number of aliphatic hydroxyl groups is 1. The van der Waals surface area contributed by atoms with Crippen molar-refractivity contribution in [3.8, 4) is 5.69 Å². The Morgan fingerprint density at radius 2 is 1.74 bits per heavy atom. The average Bonchev–Trinajstić information content (AvgIpc) is 3.48. The Hall–Kier alpha value is -3.53. The van der Waals surface area contributed by atoms with E-state index in [1.54, 1.807) is 22.7 Å². The minimum absolute atomic E-state index is 0.0330. The molecule has 1 aromatic heterocycles. The van der Waals surface area contributed by atoms with Gasteiger partial charge in [-0.15, -0.1) is 0 Å². The van der Waals surface area contributed by atoms with E-state index in [4.69, 9.17) is 4.74 Å². The van der Waals surface area contributed by atoms with E-state index in [0.717, 1.165) is 22.3 Å². The number of aromatic nitrogens is 2. The van der Waals surface area contributed by atoms with Gasteiger partial charge in [-0.3, -0.25) is 14.7 Å². The summed E-state index contributed by atoms with van der Waals surface area (Å²) >= 11 is 0. The van der Waals surface area contributed by atoms with Crippen molar-refractivity contribution >= 4 is 25.2 Å². The van der Waals surface area contributed by atoms with Crippen LogP contribution in [0, 0.1) is 5.92 Å². The number of para-hydroxylation sites is 1. The zero-order chi connectivity index (χ0) is 29.9. The van der Waals surface area contributed by atoms with Crippen molar-refractivity contribution in [3.05, 3.63) is 100 Å². The van der Waals surface area contributed by atoms with E-state index < -0.39 is 14.5 Å². The van der Waals surface area contributed by atoms with Gasteiger partial charge in [0.05, 0.1) is 41.8 Å². The van der Waals surface area contributed by atoms with Gasteiger partial charge in [-0.2, -0.15) is 0 Å². The molecule has 222 valence electrons. The summed E-state index contributed by atoms with van der Waals surface area (Å²) in [6.07, 6.45) is 0.789. The van der Waals surface area contributed by atoms with Crippen LogP contribution in [0.3, 0.4) is 0 Å². The molecule has 1 saturated heterocycles. The van der Waals surface area contributed by atoms with Gasteiger partial charge >= 0.3 is 0 Å². The summed E-state index contributed by atoms with van der Waals surface area (Å²) in [6, 6.07) is 25.0. The van der Waals surface area contributed by atoms with Gasteiger partial charge in [0.1, 0.15) is 0 Å². The number of carbonyl (C=O) groups is 1. The molecular weight excluding hydrogens is 549 g/mol. The molecule has 4 aromatic rings. The highest BCUT2D eigenvalue weighted by Gasteiger charge is 2.51. The number of benzene rings is 3. The number of nitrogens with zero attached hydrogens (tertiary/aromatic N) is 2. The Morgan fingerprint density at radius 3 is 2.45 bits per heavy atom. The van der Waals surface area contributed by atoms with E-state index in [-0.39, 0.29) is 48.6 Å². The molecule has 0 unspecified atom stereocenters. The van der Waals surface area contributed by atoms with Gasteiger partial charge in [-0.05, 0) is 67.2 Å². The zero-order valence-corrected chi connectivity index (χ0v) is 25.5. The van der Waals surface area contributed by atoms with Crippen molar-refractivity contribution in [2.45, 2.75) is 63.6 Å². The average molecular weight is 590 g/mol. The van der Waals surface area contributed by atoms with Crippen LogP contribution in [0.15, 0.2) is 83.7 Å². The summed E-state index contributed by atoms with van der Waals surface area (Å²) < 4.78 is 23.7. The summed E-state index contributed by atoms with van der Waals surface area (Å²) in [4.78, 5) is 28.0. The third-order valence-corrected chi connectivity index (χ3v) is 11.0. The monoisotopic (exact) mass is 589 g/mol. The molecule has 2 heterocycles. The maximum Gasteiger partial charge on any atom is 0.279 e. The number of H-pyrrole nitrogens is 1. The number of rotatable bonds is 11. The topological polar surface area (TPSA) is 87.6 Å². The number of aryl methyl sites for hydroxylation is 1. The molecule has 42 heavy (non-hydrogen) atoms. The quantitative estimate of drug-likeness (QED) is 0.176. The Morgan fingerprint density at radius 1 is 1.02 bits per heavy atom. The van der Waals surface area contributed by atoms with Crippen LogP contribution < -0.4 is 5.56 Å². The second-order valence-electron chi connectivity index (χ2n) is 11.9. The largest absolute Gasteiger partial charge is 0.395 e. The van der Waals surface area contributed by atoms with Crippen molar-refractivity contribution in [3.63, 3.8) is 0 Å². The van der Waals surface area contributed by atoms with E-state index in [2.05, 4.69) is 5.10 Å². The highest BCUT2D eigenvalue weighted by molar-refractivity contribution is 6.72. The molecule has 1 aliphatic rings. The van der Waals surface area contributed by atoms with Crippen LogP contribution >= 0.6 is 0 Å². The lowest BCUT2D eigenvalue weighted by Crippen LogP contribution is -2.40. The number of hydrogen-bond donors (Lipinski definition) is 2. The first kappa shape index (κ1) is 29.9. The van der Waals surface area contributed by atoms with Gasteiger partial charge in [-0.1, -0.05) is 61.5 Å². The van der Waals surface area contributed by atoms with E-state index in [1.807, 2.05) is 85.8 Å². The number of hydrogen-bond acceptors (Lipinski definition) is 4. The lowest BCUT2D eigenvalue weighted by Gasteiger charge is -2.30. The second kappa shape index (κ2) is 12.8. The van der Waals surface area contributed by atoms with Gasteiger partial charge < -0.3 is 18.9 Å². The van der Waals surface area contributed by atoms with E-state index in [0.29, 0.717) is 24.8 Å². The SMILES string of the molecule is C[C@@H]1[C@@H]([Si](C)(C)F)[C@H](CC(=O)N(CCO)Cc2ccccc2)O[C@@H]1CCc1cccc(-n2[nH]c3ccccc3c2=O)c1. The summed E-state index contributed by atoms with van der Waals surface area (Å²) in [5.74, 6) is -0.167. The summed E-state index contributed by atoms with van der Waals surface area (Å²) in [5.41, 5.74) is 3.17. The van der Waals surface area contributed by atoms with Gasteiger partial charge in [-0.25, -0.2) is 4.68 Å². The second-order valence-corrected chi connectivity index (χ2v) is 15.7. The minimum atomic E-state index is -3.16.